The van der Waals surface area contributed by atoms with Gasteiger partial charge in [-0.05, 0) is 62.8 Å². The van der Waals surface area contributed by atoms with E-state index in [-0.39, 0.29) is 11.9 Å². The molecule has 0 radical (unpaired) electrons. The SMILES string of the molecule is CCOC(=O)[C@@H]1CCCN(Cn2[nH]c(-c3ccc(OC)cc3)nc2=S)C1. The molecule has 0 amide bonds. The highest BCUT2D eigenvalue weighted by atomic mass is 32.1. The van der Waals surface area contributed by atoms with E-state index in [4.69, 9.17) is 21.7 Å². The van der Waals surface area contributed by atoms with Crippen LogP contribution in [0.2, 0.25) is 0 Å². The van der Waals surface area contributed by atoms with E-state index >= 15 is 0 Å². The third-order valence-electron chi connectivity index (χ3n) is 4.51. The molecule has 3 rings (SSSR count). The van der Waals surface area contributed by atoms with Crippen LogP contribution < -0.4 is 4.74 Å². The second-order valence-electron chi connectivity index (χ2n) is 6.32. The van der Waals surface area contributed by atoms with Gasteiger partial charge in [-0.15, -0.1) is 0 Å². The highest BCUT2D eigenvalue weighted by molar-refractivity contribution is 7.71. The van der Waals surface area contributed by atoms with E-state index in [0.717, 1.165) is 36.5 Å². The second kappa shape index (κ2) is 8.46. The largest absolute Gasteiger partial charge is 0.497 e. The molecular formula is C18H24N4O3S. The van der Waals surface area contributed by atoms with Gasteiger partial charge in [0.2, 0.25) is 4.77 Å². The zero-order valence-corrected chi connectivity index (χ0v) is 15.9. The quantitative estimate of drug-likeness (QED) is 0.617. The number of piperidine rings is 1. The summed E-state index contributed by atoms with van der Waals surface area (Å²) < 4.78 is 12.7. The van der Waals surface area contributed by atoms with Crippen molar-refractivity contribution in [2.24, 2.45) is 5.92 Å². The Kier molecular flexibility index (Phi) is 6.05. The average molecular weight is 376 g/mol. The van der Waals surface area contributed by atoms with Crippen LogP contribution in [0.15, 0.2) is 24.3 Å². The normalized spacial score (nSPS) is 17.8. The van der Waals surface area contributed by atoms with E-state index in [9.17, 15) is 4.79 Å². The van der Waals surface area contributed by atoms with E-state index in [1.54, 1.807) is 7.11 Å². The minimum atomic E-state index is -0.107. The monoisotopic (exact) mass is 376 g/mol. The van der Waals surface area contributed by atoms with Gasteiger partial charge in [-0.1, -0.05) is 0 Å². The standard InChI is InChI=1S/C18H24N4O3S/c1-3-25-17(23)14-5-4-10-21(11-14)12-22-18(26)19-16(20-22)13-6-8-15(24-2)9-7-13/h6-9,14H,3-5,10-12H2,1-2H3,(H,19,20,26)/t14-/m1/s1. The van der Waals surface area contributed by atoms with Crippen LogP contribution in [0, 0.1) is 10.7 Å². The van der Waals surface area contributed by atoms with Crippen LogP contribution in [0.1, 0.15) is 19.8 Å². The van der Waals surface area contributed by atoms with E-state index in [1.165, 1.54) is 0 Å². The first-order valence-corrected chi connectivity index (χ1v) is 9.21. The third kappa shape index (κ3) is 4.31. The van der Waals surface area contributed by atoms with Crippen LogP contribution >= 0.6 is 12.2 Å². The minimum Gasteiger partial charge on any atom is -0.497 e. The third-order valence-corrected chi connectivity index (χ3v) is 4.82. The molecular weight excluding hydrogens is 352 g/mol. The summed E-state index contributed by atoms with van der Waals surface area (Å²) in [4.78, 5) is 18.7. The molecule has 1 aromatic carbocycles. The lowest BCUT2D eigenvalue weighted by molar-refractivity contribution is -0.150. The van der Waals surface area contributed by atoms with Crippen molar-refractivity contribution < 1.29 is 14.3 Å². The summed E-state index contributed by atoms with van der Waals surface area (Å²) in [6, 6.07) is 7.66. The summed E-state index contributed by atoms with van der Waals surface area (Å²) in [5, 5.41) is 3.25. The number of hydrogen-bond acceptors (Lipinski definition) is 6. The maximum absolute atomic E-state index is 12.0. The Morgan fingerprint density at radius 1 is 1.38 bits per heavy atom. The molecule has 0 bridgehead atoms. The molecule has 8 heteroatoms. The predicted octanol–water partition coefficient (Wildman–Crippen LogP) is 2.85. The Morgan fingerprint density at radius 2 is 2.15 bits per heavy atom. The molecule has 2 heterocycles. The second-order valence-corrected chi connectivity index (χ2v) is 6.69. The Balaban J connectivity index is 1.69. The molecule has 1 aliphatic rings. The number of carbonyl (C=O) groups excluding carboxylic acids is 1. The molecule has 0 spiro atoms. The van der Waals surface area contributed by atoms with E-state index < -0.39 is 0 Å². The number of methoxy groups -OCH3 is 1. The Morgan fingerprint density at radius 3 is 2.85 bits per heavy atom. The fourth-order valence-corrected chi connectivity index (χ4v) is 3.36. The van der Waals surface area contributed by atoms with E-state index in [2.05, 4.69) is 15.0 Å². The first kappa shape index (κ1) is 18.6. The topological polar surface area (TPSA) is 72.4 Å². The van der Waals surface area contributed by atoms with E-state index in [1.807, 2.05) is 35.9 Å². The van der Waals surface area contributed by atoms with E-state index in [0.29, 0.717) is 24.6 Å². The van der Waals surface area contributed by atoms with Gasteiger partial charge >= 0.3 is 5.97 Å². The fourth-order valence-electron chi connectivity index (χ4n) is 3.17. The molecule has 0 unspecified atom stereocenters. The predicted molar refractivity (Wildman–Crippen MR) is 100 cm³/mol. The van der Waals surface area contributed by atoms with Gasteiger partial charge in [0.05, 0.1) is 26.3 Å². The summed E-state index contributed by atoms with van der Waals surface area (Å²) >= 11 is 5.39. The van der Waals surface area contributed by atoms with Gasteiger partial charge in [-0.2, -0.15) is 4.98 Å². The summed E-state index contributed by atoms with van der Waals surface area (Å²) in [6.07, 6.45) is 1.84. The van der Waals surface area contributed by atoms with Crippen LogP contribution in [0.5, 0.6) is 5.75 Å². The van der Waals surface area contributed by atoms with Crippen LogP contribution in [0.25, 0.3) is 11.4 Å². The van der Waals surface area contributed by atoms with Crippen molar-refractivity contribution in [3.05, 3.63) is 29.0 Å². The summed E-state index contributed by atoms with van der Waals surface area (Å²) in [5.74, 6) is 1.34. The number of aromatic amines is 1. The van der Waals surface area contributed by atoms with Crippen molar-refractivity contribution in [2.75, 3.05) is 26.8 Å². The van der Waals surface area contributed by atoms with Crippen molar-refractivity contribution in [1.29, 1.82) is 0 Å². The van der Waals surface area contributed by atoms with Gasteiger partial charge in [-0.3, -0.25) is 14.8 Å². The number of esters is 1. The molecule has 1 aliphatic heterocycles. The number of nitrogens with one attached hydrogen (secondary N) is 1. The zero-order chi connectivity index (χ0) is 18.5. The van der Waals surface area contributed by atoms with Crippen molar-refractivity contribution in [1.82, 2.24) is 19.7 Å². The number of hydrogen-bond donors (Lipinski definition) is 1. The smallest absolute Gasteiger partial charge is 0.310 e. The number of aromatic nitrogens is 3. The maximum atomic E-state index is 12.0. The molecule has 140 valence electrons. The van der Waals surface area contributed by atoms with Crippen molar-refractivity contribution in [2.45, 2.75) is 26.4 Å². The van der Waals surface area contributed by atoms with Crippen LogP contribution in [-0.2, 0) is 16.2 Å². The Labute approximate surface area is 157 Å². The van der Waals surface area contributed by atoms with Gasteiger partial charge in [0.15, 0.2) is 5.82 Å². The fraction of sp³-hybridized carbons (Fsp3) is 0.500. The molecule has 7 nitrogen and oxygen atoms in total. The Bertz CT molecular complexity index is 800. The Hall–Kier alpha value is -2.19. The molecule has 1 N–H and O–H groups in total. The molecule has 1 saturated heterocycles. The first-order chi connectivity index (χ1) is 12.6. The lowest BCUT2D eigenvalue weighted by Gasteiger charge is -2.31. The van der Waals surface area contributed by atoms with Crippen molar-refractivity contribution in [3.8, 4) is 17.1 Å². The number of rotatable bonds is 6. The number of H-pyrrole nitrogens is 1. The highest BCUT2D eigenvalue weighted by Gasteiger charge is 2.27. The number of carbonyl (C=O) groups is 1. The minimum absolute atomic E-state index is 0.0677. The van der Waals surface area contributed by atoms with Crippen LogP contribution in [-0.4, -0.2) is 52.4 Å². The number of likely N-dealkylation sites (tertiary alicyclic amines) is 1. The molecule has 0 aliphatic carbocycles. The summed E-state index contributed by atoms with van der Waals surface area (Å²) in [5.41, 5.74) is 0.943. The van der Waals surface area contributed by atoms with Crippen molar-refractivity contribution in [3.63, 3.8) is 0 Å². The molecule has 1 fully saturated rings. The first-order valence-electron chi connectivity index (χ1n) is 8.81. The zero-order valence-electron chi connectivity index (χ0n) is 15.1. The molecule has 26 heavy (non-hydrogen) atoms. The number of benzene rings is 1. The summed E-state index contributed by atoms with van der Waals surface area (Å²) in [6.45, 7) is 4.44. The highest BCUT2D eigenvalue weighted by Crippen LogP contribution is 2.21. The lowest BCUT2D eigenvalue weighted by Crippen LogP contribution is -2.40. The number of nitrogens with zero attached hydrogens (tertiary/aromatic N) is 3. The molecule has 1 atom stereocenters. The maximum Gasteiger partial charge on any atom is 0.310 e. The number of ether oxygens (including phenoxy) is 2. The van der Waals surface area contributed by atoms with Gasteiger partial charge < -0.3 is 9.47 Å². The lowest BCUT2D eigenvalue weighted by atomic mass is 9.99. The molecule has 0 saturated carbocycles. The van der Waals surface area contributed by atoms with Crippen molar-refractivity contribution >= 4 is 18.2 Å². The average Bonchev–Trinajstić information content (AvgIpc) is 3.03. The van der Waals surface area contributed by atoms with Crippen LogP contribution in [0.3, 0.4) is 0 Å². The van der Waals surface area contributed by atoms with Gasteiger partial charge in [-0.25, -0.2) is 4.68 Å². The molecule has 2 aromatic rings. The van der Waals surface area contributed by atoms with Gasteiger partial charge in [0.25, 0.3) is 0 Å². The van der Waals surface area contributed by atoms with Gasteiger partial charge in [0, 0.05) is 12.1 Å². The summed E-state index contributed by atoms with van der Waals surface area (Å²) in [7, 11) is 1.64. The molecule has 1 aromatic heterocycles. The van der Waals surface area contributed by atoms with Gasteiger partial charge in [0.1, 0.15) is 5.75 Å². The van der Waals surface area contributed by atoms with Crippen LogP contribution in [0.4, 0.5) is 0 Å².